The average Bonchev–Trinajstić information content (AvgIpc) is 2.74. The van der Waals surface area contributed by atoms with Crippen LogP contribution in [0.4, 0.5) is 10.5 Å². The van der Waals surface area contributed by atoms with E-state index in [9.17, 15) is 4.79 Å². The molecular weight excluding hydrogens is 356 g/mol. The Morgan fingerprint density at radius 2 is 2.00 bits per heavy atom. The molecule has 7 nitrogen and oxygen atoms in total. The van der Waals surface area contributed by atoms with Gasteiger partial charge in [0.15, 0.2) is 0 Å². The van der Waals surface area contributed by atoms with E-state index in [1.165, 1.54) is 5.69 Å². The molecule has 0 bridgehead atoms. The number of amides is 2. The monoisotopic (exact) mass is 384 g/mol. The fraction of sp³-hybridized carbons (Fsp3) is 0.429. The quantitative estimate of drug-likeness (QED) is 0.795. The van der Waals surface area contributed by atoms with E-state index in [2.05, 4.69) is 39.5 Å². The lowest BCUT2D eigenvalue weighted by molar-refractivity contribution is 0.122. The molecule has 1 aliphatic heterocycles. The summed E-state index contributed by atoms with van der Waals surface area (Å²) < 4.78 is 10.9. The Hall–Kier alpha value is -2.80. The number of rotatable bonds is 7. The Labute approximate surface area is 166 Å². The van der Waals surface area contributed by atoms with Crippen molar-refractivity contribution in [2.24, 2.45) is 0 Å². The van der Waals surface area contributed by atoms with Crippen LogP contribution in [0.15, 0.2) is 42.6 Å². The fourth-order valence-electron chi connectivity index (χ4n) is 3.11. The van der Waals surface area contributed by atoms with Gasteiger partial charge in [-0.05, 0) is 30.7 Å². The van der Waals surface area contributed by atoms with Gasteiger partial charge in [0.05, 0.1) is 19.8 Å². The van der Waals surface area contributed by atoms with Gasteiger partial charge in [0, 0.05) is 50.7 Å². The summed E-state index contributed by atoms with van der Waals surface area (Å²) in [5.74, 6) is 0.562. The Morgan fingerprint density at radius 1 is 1.25 bits per heavy atom. The van der Waals surface area contributed by atoms with Gasteiger partial charge in [0.2, 0.25) is 5.88 Å². The molecule has 0 atom stereocenters. The SMILES string of the molecule is CCOc1ncccc1CNC(=O)N(C)Cc1ccc(N2CCOCC2)cc1. The second-order valence-corrected chi connectivity index (χ2v) is 6.68. The fourth-order valence-corrected chi connectivity index (χ4v) is 3.11. The van der Waals surface area contributed by atoms with E-state index in [-0.39, 0.29) is 6.03 Å². The molecule has 2 heterocycles. The summed E-state index contributed by atoms with van der Waals surface area (Å²) >= 11 is 0. The minimum Gasteiger partial charge on any atom is -0.478 e. The van der Waals surface area contributed by atoms with E-state index in [0.717, 1.165) is 37.4 Å². The third-order valence-corrected chi connectivity index (χ3v) is 4.64. The van der Waals surface area contributed by atoms with Crippen molar-refractivity contribution in [2.75, 3.05) is 44.9 Å². The number of hydrogen-bond acceptors (Lipinski definition) is 5. The maximum atomic E-state index is 12.4. The molecule has 1 fully saturated rings. The summed E-state index contributed by atoms with van der Waals surface area (Å²) in [6, 6.07) is 12.0. The summed E-state index contributed by atoms with van der Waals surface area (Å²) in [5, 5.41) is 2.93. The molecule has 3 rings (SSSR count). The van der Waals surface area contributed by atoms with Crippen molar-refractivity contribution >= 4 is 11.7 Å². The van der Waals surface area contributed by atoms with Crippen molar-refractivity contribution < 1.29 is 14.3 Å². The number of carbonyl (C=O) groups excluding carboxylic acids is 1. The number of pyridine rings is 1. The summed E-state index contributed by atoms with van der Waals surface area (Å²) in [4.78, 5) is 20.6. The van der Waals surface area contributed by atoms with Gasteiger partial charge in [-0.2, -0.15) is 0 Å². The van der Waals surface area contributed by atoms with Crippen LogP contribution in [0.5, 0.6) is 5.88 Å². The highest BCUT2D eigenvalue weighted by Gasteiger charge is 2.13. The Kier molecular flexibility index (Phi) is 7.08. The highest BCUT2D eigenvalue weighted by Crippen LogP contribution is 2.18. The van der Waals surface area contributed by atoms with Gasteiger partial charge in [0.1, 0.15) is 0 Å². The third-order valence-electron chi connectivity index (χ3n) is 4.64. The summed E-state index contributed by atoms with van der Waals surface area (Å²) in [7, 11) is 1.79. The normalized spacial score (nSPS) is 13.9. The second-order valence-electron chi connectivity index (χ2n) is 6.68. The molecule has 0 unspecified atom stereocenters. The van der Waals surface area contributed by atoms with Crippen molar-refractivity contribution in [2.45, 2.75) is 20.0 Å². The van der Waals surface area contributed by atoms with Crippen LogP contribution in [0, 0.1) is 0 Å². The number of nitrogens with zero attached hydrogens (tertiary/aromatic N) is 3. The molecule has 0 spiro atoms. The van der Waals surface area contributed by atoms with Gasteiger partial charge in [-0.15, -0.1) is 0 Å². The van der Waals surface area contributed by atoms with Gasteiger partial charge in [-0.1, -0.05) is 18.2 Å². The van der Waals surface area contributed by atoms with Crippen LogP contribution in [0.3, 0.4) is 0 Å². The largest absolute Gasteiger partial charge is 0.478 e. The molecule has 1 N–H and O–H groups in total. The van der Waals surface area contributed by atoms with Crippen LogP contribution in [0.25, 0.3) is 0 Å². The molecule has 0 saturated carbocycles. The molecule has 0 aliphatic carbocycles. The van der Waals surface area contributed by atoms with Gasteiger partial charge >= 0.3 is 6.03 Å². The van der Waals surface area contributed by atoms with Crippen molar-refractivity contribution in [3.63, 3.8) is 0 Å². The van der Waals surface area contributed by atoms with Crippen molar-refractivity contribution in [3.8, 4) is 5.88 Å². The van der Waals surface area contributed by atoms with Gasteiger partial charge in [-0.3, -0.25) is 0 Å². The second kappa shape index (κ2) is 9.94. The molecule has 0 radical (unpaired) electrons. The molecule has 7 heteroatoms. The smallest absolute Gasteiger partial charge is 0.317 e. The Bertz CT molecular complexity index is 761. The highest BCUT2D eigenvalue weighted by molar-refractivity contribution is 5.74. The zero-order valence-electron chi connectivity index (χ0n) is 16.6. The standard InChI is InChI=1S/C21H28N4O3/c1-3-28-20-18(5-4-10-22-20)15-23-21(26)24(2)16-17-6-8-19(9-7-17)25-11-13-27-14-12-25/h4-10H,3,11-16H2,1-2H3,(H,23,26). The maximum absolute atomic E-state index is 12.4. The van der Waals surface area contributed by atoms with E-state index >= 15 is 0 Å². The van der Waals surface area contributed by atoms with Crippen molar-refractivity contribution in [3.05, 3.63) is 53.7 Å². The van der Waals surface area contributed by atoms with E-state index in [1.807, 2.05) is 19.1 Å². The van der Waals surface area contributed by atoms with E-state index in [4.69, 9.17) is 9.47 Å². The minimum absolute atomic E-state index is 0.136. The first kappa shape index (κ1) is 19.9. The first-order valence-corrected chi connectivity index (χ1v) is 9.64. The molecule has 2 aromatic rings. The molecule has 28 heavy (non-hydrogen) atoms. The predicted octanol–water partition coefficient (Wildman–Crippen LogP) is 2.66. The number of carbonyl (C=O) groups is 1. The molecule has 1 aromatic carbocycles. The predicted molar refractivity (Wildman–Crippen MR) is 109 cm³/mol. The zero-order valence-corrected chi connectivity index (χ0v) is 16.6. The van der Waals surface area contributed by atoms with Crippen LogP contribution in [-0.4, -0.2) is 55.9 Å². The van der Waals surface area contributed by atoms with Gasteiger partial charge in [0.25, 0.3) is 0 Å². The number of benzene rings is 1. The Morgan fingerprint density at radius 3 is 2.71 bits per heavy atom. The average molecular weight is 384 g/mol. The molecule has 2 amide bonds. The molecule has 1 saturated heterocycles. The summed E-state index contributed by atoms with van der Waals surface area (Å²) in [5.41, 5.74) is 3.14. The summed E-state index contributed by atoms with van der Waals surface area (Å²) in [6.45, 7) is 6.75. The number of ether oxygens (including phenoxy) is 2. The number of aromatic nitrogens is 1. The van der Waals surface area contributed by atoms with Crippen LogP contribution >= 0.6 is 0 Å². The number of nitrogens with one attached hydrogen (secondary N) is 1. The number of hydrogen-bond donors (Lipinski definition) is 1. The van der Waals surface area contributed by atoms with E-state index in [0.29, 0.717) is 25.6 Å². The number of anilines is 1. The minimum atomic E-state index is -0.136. The molecular formula is C21H28N4O3. The third kappa shape index (κ3) is 5.36. The Balaban J connectivity index is 1.51. The van der Waals surface area contributed by atoms with E-state index < -0.39 is 0 Å². The zero-order chi connectivity index (χ0) is 19.8. The van der Waals surface area contributed by atoms with E-state index in [1.54, 1.807) is 18.1 Å². The van der Waals surface area contributed by atoms with Crippen LogP contribution in [0.2, 0.25) is 0 Å². The number of urea groups is 1. The highest BCUT2D eigenvalue weighted by atomic mass is 16.5. The van der Waals surface area contributed by atoms with Gasteiger partial charge in [-0.25, -0.2) is 9.78 Å². The lowest BCUT2D eigenvalue weighted by atomic mass is 10.2. The lowest BCUT2D eigenvalue weighted by Gasteiger charge is -2.29. The van der Waals surface area contributed by atoms with Crippen molar-refractivity contribution in [1.82, 2.24) is 15.2 Å². The molecule has 1 aromatic heterocycles. The summed E-state index contributed by atoms with van der Waals surface area (Å²) in [6.07, 6.45) is 1.68. The first-order valence-electron chi connectivity index (χ1n) is 9.64. The number of morpholine rings is 1. The van der Waals surface area contributed by atoms with Crippen LogP contribution in [-0.2, 0) is 17.8 Å². The topological polar surface area (TPSA) is 66.9 Å². The van der Waals surface area contributed by atoms with Crippen LogP contribution < -0.4 is 15.0 Å². The van der Waals surface area contributed by atoms with Crippen LogP contribution in [0.1, 0.15) is 18.1 Å². The van der Waals surface area contributed by atoms with Gasteiger partial charge < -0.3 is 24.6 Å². The maximum Gasteiger partial charge on any atom is 0.317 e. The van der Waals surface area contributed by atoms with Crippen molar-refractivity contribution in [1.29, 1.82) is 0 Å². The lowest BCUT2D eigenvalue weighted by Crippen LogP contribution is -2.37. The first-order chi connectivity index (χ1) is 13.7. The molecule has 150 valence electrons. The molecule has 1 aliphatic rings.